The van der Waals surface area contributed by atoms with E-state index in [1.165, 1.54) is 11.1 Å². The fourth-order valence-electron chi connectivity index (χ4n) is 3.90. The molecule has 4 rings (SSSR count). The van der Waals surface area contributed by atoms with Crippen molar-refractivity contribution >= 4 is 29.5 Å². The van der Waals surface area contributed by atoms with Crippen molar-refractivity contribution in [3.8, 4) is 10.7 Å². The molecule has 1 aliphatic rings. The third kappa shape index (κ3) is 5.06. The van der Waals surface area contributed by atoms with Gasteiger partial charge in [0, 0.05) is 38.6 Å². The largest absolute Gasteiger partial charge is 0.353 e. The van der Waals surface area contributed by atoms with Crippen molar-refractivity contribution in [3.05, 3.63) is 57.7 Å². The van der Waals surface area contributed by atoms with E-state index in [9.17, 15) is 4.79 Å². The van der Waals surface area contributed by atoms with Gasteiger partial charge in [0.25, 0.3) is 0 Å². The molecule has 1 fully saturated rings. The topological polar surface area (TPSA) is 66.0 Å². The molecule has 1 aliphatic heterocycles. The van der Waals surface area contributed by atoms with Gasteiger partial charge < -0.3 is 5.32 Å². The molecule has 2 N–H and O–H groups in total. The second-order valence-corrected chi connectivity index (χ2v) is 9.11. The van der Waals surface area contributed by atoms with Crippen LogP contribution in [0.2, 0.25) is 0 Å². The lowest BCUT2D eigenvalue weighted by atomic mass is 10.0. The zero-order valence-corrected chi connectivity index (χ0v) is 18.8. The van der Waals surface area contributed by atoms with E-state index in [2.05, 4.69) is 51.6 Å². The Labute approximate surface area is 185 Å². The smallest absolute Gasteiger partial charge is 0.222 e. The van der Waals surface area contributed by atoms with Crippen LogP contribution in [0.15, 0.2) is 41.8 Å². The molecule has 1 saturated heterocycles. The van der Waals surface area contributed by atoms with Crippen molar-refractivity contribution < 1.29 is 4.79 Å². The van der Waals surface area contributed by atoms with Crippen LogP contribution in [0.4, 0.5) is 0 Å². The third-order valence-corrected chi connectivity index (χ3v) is 6.85. The Bertz CT molecular complexity index is 1030. The highest BCUT2D eigenvalue weighted by atomic mass is 32.1. The van der Waals surface area contributed by atoms with E-state index in [1.807, 2.05) is 22.1 Å². The Balaban J connectivity index is 1.25. The minimum absolute atomic E-state index is 0.0765. The molecule has 0 saturated carbocycles. The minimum Gasteiger partial charge on any atom is -0.353 e. The number of benzene rings is 1. The summed E-state index contributed by atoms with van der Waals surface area (Å²) in [5.74, 6) is 0.875. The summed E-state index contributed by atoms with van der Waals surface area (Å²) in [5.41, 5.74) is 2.73. The Hall–Kier alpha value is -2.29. The van der Waals surface area contributed by atoms with E-state index in [4.69, 9.17) is 12.2 Å². The van der Waals surface area contributed by atoms with Crippen molar-refractivity contribution in [2.45, 2.75) is 45.3 Å². The lowest BCUT2D eigenvalue weighted by molar-refractivity contribution is -0.122. The monoisotopic (exact) mass is 441 g/mol. The number of aryl methyl sites for hydroxylation is 1. The molecule has 6 nitrogen and oxygen atoms in total. The summed E-state index contributed by atoms with van der Waals surface area (Å²) in [6, 6.07) is 12.8. The van der Waals surface area contributed by atoms with Gasteiger partial charge in [-0.2, -0.15) is 5.10 Å². The predicted octanol–water partition coefficient (Wildman–Crippen LogP) is 4.15. The lowest BCUT2D eigenvalue weighted by Crippen LogP contribution is -2.44. The van der Waals surface area contributed by atoms with Crippen molar-refractivity contribution in [1.82, 2.24) is 25.0 Å². The highest BCUT2D eigenvalue weighted by molar-refractivity contribution is 7.71. The van der Waals surface area contributed by atoms with Crippen molar-refractivity contribution in [3.63, 3.8) is 0 Å². The van der Waals surface area contributed by atoms with Gasteiger partial charge in [-0.1, -0.05) is 30.3 Å². The number of nitrogens with zero attached hydrogens (tertiary/aromatic N) is 3. The summed E-state index contributed by atoms with van der Waals surface area (Å²) >= 11 is 6.96. The van der Waals surface area contributed by atoms with Gasteiger partial charge in [0.2, 0.25) is 5.91 Å². The molecule has 0 bridgehead atoms. The van der Waals surface area contributed by atoms with Crippen LogP contribution < -0.4 is 5.32 Å². The second kappa shape index (κ2) is 9.68. The van der Waals surface area contributed by atoms with Gasteiger partial charge in [-0.15, -0.1) is 11.3 Å². The van der Waals surface area contributed by atoms with Crippen molar-refractivity contribution in [2.24, 2.45) is 0 Å². The molecule has 0 radical (unpaired) electrons. The molecule has 158 valence electrons. The Kier molecular flexibility index (Phi) is 6.76. The van der Waals surface area contributed by atoms with E-state index in [1.54, 1.807) is 11.3 Å². The maximum absolute atomic E-state index is 12.5. The number of hydrogen-bond acceptors (Lipinski definition) is 5. The molecule has 1 aromatic carbocycles. The number of carbonyl (C=O) groups is 1. The number of rotatable bonds is 7. The first-order valence-corrected chi connectivity index (χ1v) is 11.6. The highest BCUT2D eigenvalue weighted by Crippen LogP contribution is 2.23. The maximum Gasteiger partial charge on any atom is 0.222 e. The molecule has 2 aromatic heterocycles. The molecule has 0 unspecified atom stereocenters. The summed E-state index contributed by atoms with van der Waals surface area (Å²) in [6.45, 7) is 5.69. The summed E-state index contributed by atoms with van der Waals surface area (Å²) in [4.78, 5) is 16.1. The van der Waals surface area contributed by atoms with Gasteiger partial charge >= 0.3 is 0 Å². The molecular weight excluding hydrogens is 414 g/mol. The lowest BCUT2D eigenvalue weighted by Gasteiger charge is -2.32. The molecule has 8 heteroatoms. The van der Waals surface area contributed by atoms with E-state index in [0.717, 1.165) is 43.2 Å². The van der Waals surface area contributed by atoms with Crippen LogP contribution in [-0.2, 0) is 17.9 Å². The number of carbonyl (C=O) groups excluding carboxylic acids is 1. The van der Waals surface area contributed by atoms with Crippen LogP contribution in [-0.4, -0.2) is 44.7 Å². The Morgan fingerprint density at radius 2 is 2.07 bits per heavy atom. The molecule has 30 heavy (non-hydrogen) atoms. The zero-order chi connectivity index (χ0) is 20.9. The first kappa shape index (κ1) is 21.0. The van der Waals surface area contributed by atoms with Crippen LogP contribution in [0, 0.1) is 11.7 Å². The second-order valence-electron chi connectivity index (χ2n) is 7.78. The number of H-pyrrole nitrogens is 1. The summed E-state index contributed by atoms with van der Waals surface area (Å²) in [5, 5.41) is 12.4. The van der Waals surface area contributed by atoms with Gasteiger partial charge in [-0.25, -0.2) is 0 Å². The fourth-order valence-corrected chi connectivity index (χ4v) is 4.84. The van der Waals surface area contributed by atoms with Gasteiger partial charge in [0.05, 0.1) is 4.88 Å². The predicted molar refractivity (Wildman–Crippen MR) is 123 cm³/mol. The zero-order valence-electron chi connectivity index (χ0n) is 17.1. The van der Waals surface area contributed by atoms with Gasteiger partial charge in [0.1, 0.15) is 0 Å². The van der Waals surface area contributed by atoms with Crippen LogP contribution in [0.5, 0.6) is 0 Å². The van der Waals surface area contributed by atoms with E-state index in [0.29, 0.717) is 17.7 Å². The van der Waals surface area contributed by atoms with E-state index in [-0.39, 0.29) is 11.9 Å². The molecular formula is C22H27N5OS2. The molecule has 1 amide bonds. The standard InChI is InChI=1S/C22H27N5OS2/c1-16-5-2-3-6-17(16)15-26-11-8-18(9-12-26)23-20(28)10-13-27-21(24-25-22(27)29)19-7-4-14-30-19/h2-7,14,18H,8-13,15H2,1H3,(H,23,28)(H,25,29). The number of aromatic amines is 1. The van der Waals surface area contributed by atoms with Crippen LogP contribution in [0.1, 0.15) is 30.4 Å². The van der Waals surface area contributed by atoms with Crippen LogP contribution in [0.25, 0.3) is 10.7 Å². The summed E-state index contributed by atoms with van der Waals surface area (Å²) < 4.78 is 2.46. The quantitative estimate of drug-likeness (QED) is 0.541. The van der Waals surface area contributed by atoms with Gasteiger partial charge in [-0.05, 0) is 54.6 Å². The number of aromatic nitrogens is 3. The Morgan fingerprint density at radius 3 is 2.80 bits per heavy atom. The average molecular weight is 442 g/mol. The van der Waals surface area contributed by atoms with Gasteiger partial charge in [0.15, 0.2) is 10.6 Å². The number of amides is 1. The molecule has 0 atom stereocenters. The number of likely N-dealkylation sites (tertiary alicyclic amines) is 1. The third-order valence-electron chi connectivity index (χ3n) is 5.67. The van der Waals surface area contributed by atoms with Gasteiger partial charge in [-0.3, -0.25) is 19.4 Å². The number of piperidine rings is 1. The fraction of sp³-hybridized carbons (Fsp3) is 0.409. The first-order chi connectivity index (χ1) is 14.6. The minimum atomic E-state index is 0.0765. The summed E-state index contributed by atoms with van der Waals surface area (Å²) in [6.07, 6.45) is 2.38. The molecule has 0 spiro atoms. The van der Waals surface area contributed by atoms with Crippen molar-refractivity contribution in [2.75, 3.05) is 13.1 Å². The first-order valence-electron chi connectivity index (χ1n) is 10.4. The molecule has 0 aliphatic carbocycles. The molecule has 3 heterocycles. The van der Waals surface area contributed by atoms with E-state index >= 15 is 0 Å². The SMILES string of the molecule is Cc1ccccc1CN1CCC(NC(=O)CCn2c(-c3cccs3)n[nH]c2=S)CC1. The van der Waals surface area contributed by atoms with Crippen LogP contribution in [0.3, 0.4) is 0 Å². The summed E-state index contributed by atoms with van der Waals surface area (Å²) in [7, 11) is 0. The number of thiophene rings is 1. The van der Waals surface area contributed by atoms with Crippen molar-refractivity contribution in [1.29, 1.82) is 0 Å². The van der Waals surface area contributed by atoms with Crippen LogP contribution >= 0.6 is 23.6 Å². The average Bonchev–Trinajstić information content (AvgIpc) is 3.39. The number of nitrogens with one attached hydrogen (secondary N) is 2. The normalized spacial score (nSPS) is 15.4. The Morgan fingerprint density at radius 1 is 1.27 bits per heavy atom. The number of hydrogen-bond donors (Lipinski definition) is 2. The maximum atomic E-state index is 12.5. The molecule has 3 aromatic rings. The highest BCUT2D eigenvalue weighted by Gasteiger charge is 2.21. The van der Waals surface area contributed by atoms with E-state index < -0.39 is 0 Å².